The van der Waals surface area contributed by atoms with Crippen molar-refractivity contribution >= 4 is 33.7 Å². The Kier molecular flexibility index (Phi) is 4.15. The van der Waals surface area contributed by atoms with Crippen molar-refractivity contribution in [1.29, 1.82) is 0 Å². The van der Waals surface area contributed by atoms with Crippen molar-refractivity contribution in [2.24, 2.45) is 5.73 Å². The summed E-state index contributed by atoms with van der Waals surface area (Å²) in [5, 5.41) is 4.76. The Hall–Kier alpha value is -1.55. The molecule has 0 aliphatic rings. The second kappa shape index (κ2) is 6.06. The number of ether oxygens (including phenoxy) is 1. The van der Waals surface area contributed by atoms with Gasteiger partial charge < -0.3 is 10.5 Å². The van der Waals surface area contributed by atoms with Crippen LogP contribution >= 0.6 is 22.9 Å². The molecule has 0 radical (unpaired) electrons. The van der Waals surface area contributed by atoms with Gasteiger partial charge in [-0.25, -0.2) is 0 Å². The van der Waals surface area contributed by atoms with Gasteiger partial charge >= 0.3 is 0 Å². The van der Waals surface area contributed by atoms with Crippen LogP contribution in [-0.2, 0) is 0 Å². The van der Waals surface area contributed by atoms with Crippen LogP contribution in [0.3, 0.4) is 0 Å². The number of nitrogens with two attached hydrogens (primary N) is 1. The first-order valence-electron chi connectivity index (χ1n) is 6.79. The Bertz CT molecular complexity index is 740. The lowest BCUT2D eigenvalue weighted by molar-refractivity contribution is 0.186. The molecular formula is C17H16ClNOS. The molecule has 2 unspecified atom stereocenters. The highest BCUT2D eigenvalue weighted by Gasteiger charge is 2.20. The molecule has 2 aromatic carbocycles. The Morgan fingerprint density at radius 2 is 1.81 bits per heavy atom. The van der Waals surface area contributed by atoms with Crippen molar-refractivity contribution in [1.82, 2.24) is 0 Å². The van der Waals surface area contributed by atoms with E-state index in [0.29, 0.717) is 0 Å². The van der Waals surface area contributed by atoms with Crippen LogP contribution < -0.4 is 10.5 Å². The van der Waals surface area contributed by atoms with Gasteiger partial charge in [-0.2, -0.15) is 0 Å². The summed E-state index contributed by atoms with van der Waals surface area (Å²) < 4.78 is 6.22. The normalized spacial score (nSPS) is 14.0. The largest absolute Gasteiger partial charge is 0.483 e. The maximum atomic E-state index is 6.25. The maximum Gasteiger partial charge on any atom is 0.148 e. The van der Waals surface area contributed by atoms with Crippen molar-refractivity contribution in [2.75, 3.05) is 0 Å². The number of thiophene rings is 1. The zero-order valence-corrected chi connectivity index (χ0v) is 13.2. The first kappa shape index (κ1) is 14.4. The molecular weight excluding hydrogens is 302 g/mol. The highest BCUT2D eigenvalue weighted by Crippen LogP contribution is 2.35. The van der Waals surface area contributed by atoms with Crippen LogP contribution in [0, 0.1) is 0 Å². The van der Waals surface area contributed by atoms with E-state index in [0.717, 1.165) is 26.4 Å². The number of fused-ring (bicyclic) bond motifs is 1. The molecule has 0 aliphatic heterocycles. The van der Waals surface area contributed by atoms with Gasteiger partial charge in [0.05, 0.1) is 0 Å². The Morgan fingerprint density at radius 3 is 2.48 bits per heavy atom. The van der Waals surface area contributed by atoms with Gasteiger partial charge in [-0.1, -0.05) is 41.9 Å². The highest BCUT2D eigenvalue weighted by molar-refractivity contribution is 7.10. The minimum Gasteiger partial charge on any atom is -0.483 e. The average Bonchev–Trinajstić information content (AvgIpc) is 3.00. The monoisotopic (exact) mass is 317 g/mol. The molecule has 2 N–H and O–H groups in total. The minimum atomic E-state index is -0.158. The first-order chi connectivity index (χ1) is 10.2. The van der Waals surface area contributed by atoms with Gasteiger partial charge in [-0.15, -0.1) is 11.3 Å². The summed E-state index contributed by atoms with van der Waals surface area (Å²) in [4.78, 5) is 1.13. The second-order valence-corrected chi connectivity index (χ2v) is 6.39. The van der Waals surface area contributed by atoms with E-state index in [1.165, 1.54) is 0 Å². The third-order valence-electron chi connectivity index (χ3n) is 3.39. The zero-order chi connectivity index (χ0) is 14.8. The molecule has 0 amide bonds. The van der Waals surface area contributed by atoms with Crippen molar-refractivity contribution < 1.29 is 4.74 Å². The first-order valence-corrected chi connectivity index (χ1v) is 8.05. The maximum absolute atomic E-state index is 6.25. The molecule has 2 nitrogen and oxygen atoms in total. The molecule has 1 aromatic heterocycles. The van der Waals surface area contributed by atoms with Gasteiger partial charge in [0.2, 0.25) is 0 Å². The van der Waals surface area contributed by atoms with Crippen molar-refractivity contribution in [3.8, 4) is 5.75 Å². The van der Waals surface area contributed by atoms with E-state index in [1.807, 2.05) is 54.8 Å². The summed E-state index contributed by atoms with van der Waals surface area (Å²) in [6, 6.07) is 15.7. The van der Waals surface area contributed by atoms with E-state index < -0.39 is 0 Å². The van der Waals surface area contributed by atoms with Crippen LogP contribution in [0.25, 0.3) is 10.8 Å². The number of halogens is 1. The fourth-order valence-corrected chi connectivity index (χ4v) is 3.45. The summed E-state index contributed by atoms with van der Waals surface area (Å²) in [7, 11) is 0. The second-order valence-electron chi connectivity index (χ2n) is 5.00. The quantitative estimate of drug-likeness (QED) is 0.733. The number of hydrogen-bond acceptors (Lipinski definition) is 3. The minimum absolute atomic E-state index is 0.0990. The van der Waals surface area contributed by atoms with E-state index in [1.54, 1.807) is 11.3 Å². The molecule has 0 bridgehead atoms. The van der Waals surface area contributed by atoms with Gasteiger partial charge in [-0.05, 0) is 30.5 Å². The molecule has 108 valence electrons. The zero-order valence-electron chi connectivity index (χ0n) is 11.6. The topological polar surface area (TPSA) is 35.2 Å². The van der Waals surface area contributed by atoms with Gasteiger partial charge in [0, 0.05) is 26.7 Å². The molecule has 0 aliphatic carbocycles. The van der Waals surface area contributed by atoms with E-state index in [-0.39, 0.29) is 12.1 Å². The third kappa shape index (κ3) is 2.91. The van der Waals surface area contributed by atoms with Crippen molar-refractivity contribution in [2.45, 2.75) is 19.1 Å². The SMILES string of the molecule is CC(N)C(Oc1ccc(Cl)c2ccccc12)c1cccs1. The lowest BCUT2D eigenvalue weighted by Crippen LogP contribution is -2.28. The summed E-state index contributed by atoms with van der Waals surface area (Å²) in [5.41, 5.74) is 6.11. The molecule has 3 aromatic rings. The Balaban J connectivity index is 2.03. The highest BCUT2D eigenvalue weighted by atomic mass is 35.5. The van der Waals surface area contributed by atoms with Gasteiger partial charge in [0.15, 0.2) is 0 Å². The summed E-state index contributed by atoms with van der Waals surface area (Å²) in [5.74, 6) is 0.811. The van der Waals surface area contributed by atoms with E-state index in [9.17, 15) is 0 Å². The molecule has 0 spiro atoms. The van der Waals surface area contributed by atoms with E-state index in [2.05, 4.69) is 6.07 Å². The fourth-order valence-electron chi connectivity index (χ4n) is 2.35. The fraction of sp³-hybridized carbons (Fsp3) is 0.176. The van der Waals surface area contributed by atoms with Crippen LogP contribution in [0.5, 0.6) is 5.75 Å². The summed E-state index contributed by atoms with van der Waals surface area (Å²) in [6.45, 7) is 1.96. The van der Waals surface area contributed by atoms with E-state index in [4.69, 9.17) is 22.1 Å². The standard InChI is InChI=1S/C17H16ClNOS/c1-11(19)17(16-7-4-10-21-16)20-15-9-8-14(18)12-5-2-3-6-13(12)15/h2-11,17H,19H2,1H3. The molecule has 1 heterocycles. The van der Waals surface area contributed by atoms with Crippen molar-refractivity contribution in [3.05, 3.63) is 63.8 Å². The third-order valence-corrected chi connectivity index (χ3v) is 4.65. The molecule has 0 fully saturated rings. The summed E-state index contributed by atoms with van der Waals surface area (Å²) >= 11 is 7.91. The lowest BCUT2D eigenvalue weighted by atomic mass is 10.1. The Morgan fingerprint density at radius 1 is 1.05 bits per heavy atom. The number of benzene rings is 2. The van der Waals surface area contributed by atoms with Crippen LogP contribution in [0.1, 0.15) is 17.9 Å². The molecule has 21 heavy (non-hydrogen) atoms. The average molecular weight is 318 g/mol. The van der Waals surface area contributed by atoms with Gasteiger partial charge in [0.1, 0.15) is 11.9 Å². The lowest BCUT2D eigenvalue weighted by Gasteiger charge is -2.22. The van der Waals surface area contributed by atoms with Crippen LogP contribution in [-0.4, -0.2) is 6.04 Å². The van der Waals surface area contributed by atoms with Crippen LogP contribution in [0.2, 0.25) is 5.02 Å². The molecule has 0 saturated carbocycles. The van der Waals surface area contributed by atoms with Crippen molar-refractivity contribution in [3.63, 3.8) is 0 Å². The molecule has 0 saturated heterocycles. The van der Waals surface area contributed by atoms with Crippen LogP contribution in [0.15, 0.2) is 53.9 Å². The molecule has 2 atom stereocenters. The molecule has 4 heteroatoms. The predicted octanol–water partition coefficient (Wildman–Crippen LogP) is 5.02. The summed E-state index contributed by atoms with van der Waals surface area (Å²) in [6.07, 6.45) is -0.158. The van der Waals surface area contributed by atoms with Gasteiger partial charge in [-0.3, -0.25) is 0 Å². The smallest absolute Gasteiger partial charge is 0.148 e. The Labute approximate surface area is 133 Å². The van der Waals surface area contributed by atoms with Crippen LogP contribution in [0.4, 0.5) is 0 Å². The number of rotatable bonds is 4. The molecule has 3 rings (SSSR count). The van der Waals surface area contributed by atoms with E-state index >= 15 is 0 Å². The van der Waals surface area contributed by atoms with Gasteiger partial charge in [0.25, 0.3) is 0 Å². The number of hydrogen-bond donors (Lipinski definition) is 1. The predicted molar refractivity (Wildman–Crippen MR) is 90.3 cm³/mol.